The number of likely N-dealkylation sites (tertiary alicyclic amines) is 1. The van der Waals surface area contributed by atoms with Crippen molar-refractivity contribution in [2.45, 2.75) is 19.3 Å². The van der Waals surface area contributed by atoms with Gasteiger partial charge in [0.15, 0.2) is 0 Å². The highest BCUT2D eigenvalue weighted by molar-refractivity contribution is 5.87. The van der Waals surface area contributed by atoms with E-state index in [4.69, 9.17) is 19.6 Å². The minimum atomic E-state index is -0.708. The van der Waals surface area contributed by atoms with Gasteiger partial charge in [-0.25, -0.2) is 9.59 Å². The van der Waals surface area contributed by atoms with Crippen LogP contribution >= 0.6 is 0 Å². The summed E-state index contributed by atoms with van der Waals surface area (Å²) in [5.74, 6) is 0.915. The molecule has 0 aliphatic carbocycles. The highest BCUT2D eigenvalue weighted by Gasteiger charge is 2.20. The number of piperidine rings is 1. The summed E-state index contributed by atoms with van der Waals surface area (Å²) in [6.45, 7) is 3.74. The lowest BCUT2D eigenvalue weighted by molar-refractivity contribution is 0.100. The summed E-state index contributed by atoms with van der Waals surface area (Å²) >= 11 is 0. The topological polar surface area (TPSA) is 108 Å². The Morgan fingerprint density at radius 3 is 2.78 bits per heavy atom. The van der Waals surface area contributed by atoms with Crippen LogP contribution in [0.2, 0.25) is 0 Å². The monoisotopic (exact) mass is 437 g/mol. The normalized spacial score (nSPS) is 15.0. The first kappa shape index (κ1) is 21.8. The fraction of sp³-hybridized carbons (Fsp3) is 0.375. The molecule has 1 aliphatic heterocycles. The van der Waals surface area contributed by atoms with E-state index in [0.717, 1.165) is 55.4 Å². The molecule has 3 aromatic rings. The number of aromatic nitrogens is 1. The van der Waals surface area contributed by atoms with Gasteiger partial charge >= 0.3 is 11.7 Å². The summed E-state index contributed by atoms with van der Waals surface area (Å²) in [4.78, 5) is 29.3. The van der Waals surface area contributed by atoms with Crippen molar-refractivity contribution in [3.63, 3.8) is 0 Å². The van der Waals surface area contributed by atoms with Crippen LogP contribution in [0.3, 0.4) is 0 Å². The first-order valence-corrected chi connectivity index (χ1v) is 10.8. The van der Waals surface area contributed by atoms with Gasteiger partial charge in [0.05, 0.1) is 24.7 Å². The maximum absolute atomic E-state index is 12.1. The van der Waals surface area contributed by atoms with Crippen LogP contribution < -0.4 is 16.1 Å². The Hall–Kier alpha value is -3.39. The predicted molar refractivity (Wildman–Crippen MR) is 121 cm³/mol. The van der Waals surface area contributed by atoms with Gasteiger partial charge in [0, 0.05) is 24.5 Å². The number of amides is 1. The molecule has 1 fully saturated rings. The van der Waals surface area contributed by atoms with Gasteiger partial charge in [-0.2, -0.15) is 0 Å². The van der Waals surface area contributed by atoms with Gasteiger partial charge in [0.1, 0.15) is 11.3 Å². The number of ether oxygens (including phenoxy) is 2. The van der Waals surface area contributed by atoms with Crippen molar-refractivity contribution in [3.05, 3.63) is 59.2 Å². The highest BCUT2D eigenvalue weighted by atomic mass is 16.5. The van der Waals surface area contributed by atoms with Crippen LogP contribution in [-0.4, -0.2) is 48.8 Å². The van der Waals surface area contributed by atoms with Crippen LogP contribution in [0.15, 0.2) is 58.0 Å². The van der Waals surface area contributed by atoms with Crippen LogP contribution in [0, 0.1) is 5.92 Å². The minimum absolute atomic E-state index is 0.376. The molecule has 4 rings (SSSR count). The average Bonchev–Trinajstić information content (AvgIpc) is 2.81. The fourth-order valence-electron chi connectivity index (χ4n) is 4.01. The van der Waals surface area contributed by atoms with Crippen molar-refractivity contribution < 1.29 is 18.7 Å². The Balaban J connectivity index is 1.31. The number of nitrogens with zero attached hydrogens (tertiary/aromatic N) is 2. The molecule has 3 heterocycles. The van der Waals surface area contributed by atoms with E-state index in [9.17, 15) is 9.59 Å². The maximum Gasteiger partial charge on any atom is 0.404 e. The fourth-order valence-corrected chi connectivity index (χ4v) is 4.01. The number of hydrogen-bond donors (Lipinski definition) is 1. The molecule has 2 aromatic heterocycles. The second-order valence-electron chi connectivity index (χ2n) is 8.00. The smallest absolute Gasteiger partial charge is 0.404 e. The largest absolute Gasteiger partial charge is 0.492 e. The number of carbonyl (C=O) groups excluding carboxylic acids is 1. The van der Waals surface area contributed by atoms with E-state index in [1.54, 1.807) is 12.4 Å². The molecule has 168 valence electrons. The molecule has 0 saturated carbocycles. The molecular formula is C24H27N3O5. The van der Waals surface area contributed by atoms with Gasteiger partial charge in [-0.15, -0.1) is 0 Å². The van der Waals surface area contributed by atoms with E-state index in [2.05, 4.69) is 9.88 Å². The highest BCUT2D eigenvalue weighted by Crippen LogP contribution is 2.28. The SMILES string of the molecule is NC(=O)OCC1CCN(CCCOc2cc(=O)oc3cc(-c4cccnc4)ccc23)CC1. The first-order chi connectivity index (χ1) is 15.6. The summed E-state index contributed by atoms with van der Waals surface area (Å²) in [7, 11) is 0. The van der Waals surface area contributed by atoms with Crippen LogP contribution in [0.1, 0.15) is 19.3 Å². The molecule has 8 heteroatoms. The third kappa shape index (κ3) is 5.64. The quantitative estimate of drug-likeness (QED) is 0.425. The number of primary amides is 1. The summed E-state index contributed by atoms with van der Waals surface area (Å²) in [6, 6.07) is 10.9. The number of pyridine rings is 1. The van der Waals surface area contributed by atoms with E-state index < -0.39 is 11.7 Å². The van der Waals surface area contributed by atoms with Gasteiger partial charge < -0.3 is 24.5 Å². The van der Waals surface area contributed by atoms with Crippen molar-refractivity contribution in [1.29, 1.82) is 0 Å². The zero-order chi connectivity index (χ0) is 22.3. The summed E-state index contributed by atoms with van der Waals surface area (Å²) in [6.07, 6.45) is 5.60. The number of rotatable bonds is 8. The molecule has 0 atom stereocenters. The lowest BCUT2D eigenvalue weighted by atomic mass is 9.98. The predicted octanol–water partition coefficient (Wildman–Crippen LogP) is 3.43. The lowest BCUT2D eigenvalue weighted by Gasteiger charge is -2.31. The number of benzene rings is 1. The van der Waals surface area contributed by atoms with Crippen molar-refractivity contribution >= 4 is 17.1 Å². The second kappa shape index (κ2) is 10.3. The third-order valence-corrected chi connectivity index (χ3v) is 5.75. The van der Waals surface area contributed by atoms with E-state index in [0.29, 0.717) is 30.5 Å². The van der Waals surface area contributed by atoms with Gasteiger partial charge in [0.25, 0.3) is 0 Å². The first-order valence-electron chi connectivity index (χ1n) is 10.8. The Labute approximate surface area is 185 Å². The second-order valence-corrected chi connectivity index (χ2v) is 8.00. The van der Waals surface area contributed by atoms with Crippen LogP contribution in [0.4, 0.5) is 4.79 Å². The van der Waals surface area contributed by atoms with Gasteiger partial charge in [-0.3, -0.25) is 4.98 Å². The Morgan fingerprint density at radius 2 is 2.03 bits per heavy atom. The van der Waals surface area contributed by atoms with Crippen molar-refractivity contribution in [2.75, 3.05) is 32.8 Å². The van der Waals surface area contributed by atoms with Gasteiger partial charge in [-0.1, -0.05) is 12.1 Å². The summed E-state index contributed by atoms with van der Waals surface area (Å²) in [5, 5.41) is 0.771. The van der Waals surface area contributed by atoms with E-state index >= 15 is 0 Å². The molecule has 32 heavy (non-hydrogen) atoms. The standard InChI is InChI=1S/C24H27N3O5/c25-24(29)31-16-17-6-10-27(11-7-17)9-2-12-30-21-14-23(28)32-22-13-18(4-5-20(21)22)19-3-1-8-26-15-19/h1,3-5,8,13-15,17H,2,6-7,9-12,16H2,(H2,25,29). The van der Waals surface area contributed by atoms with Crippen molar-refractivity contribution in [3.8, 4) is 16.9 Å². The number of fused-ring (bicyclic) bond motifs is 1. The van der Waals surface area contributed by atoms with Crippen LogP contribution in [0.5, 0.6) is 5.75 Å². The maximum atomic E-state index is 12.1. The lowest BCUT2D eigenvalue weighted by Crippen LogP contribution is -2.36. The van der Waals surface area contributed by atoms with Crippen LogP contribution in [-0.2, 0) is 4.74 Å². The molecule has 1 amide bonds. The third-order valence-electron chi connectivity index (χ3n) is 5.75. The molecule has 0 bridgehead atoms. The number of nitrogens with two attached hydrogens (primary N) is 1. The van der Waals surface area contributed by atoms with Gasteiger partial charge in [0.2, 0.25) is 0 Å². The Kier molecular flexibility index (Phi) is 7.01. The Bertz CT molecular complexity index is 1110. The van der Waals surface area contributed by atoms with Crippen molar-refractivity contribution in [2.24, 2.45) is 11.7 Å². The molecule has 0 spiro atoms. The number of carbonyl (C=O) groups is 1. The molecule has 1 aliphatic rings. The minimum Gasteiger partial charge on any atom is -0.492 e. The van der Waals surface area contributed by atoms with Gasteiger partial charge in [-0.05, 0) is 62.0 Å². The van der Waals surface area contributed by atoms with Crippen molar-refractivity contribution in [1.82, 2.24) is 9.88 Å². The van der Waals surface area contributed by atoms with E-state index in [1.165, 1.54) is 6.07 Å². The zero-order valence-electron chi connectivity index (χ0n) is 17.9. The van der Waals surface area contributed by atoms with E-state index in [1.807, 2.05) is 30.3 Å². The number of hydrogen-bond acceptors (Lipinski definition) is 7. The zero-order valence-corrected chi connectivity index (χ0v) is 17.9. The molecule has 2 N–H and O–H groups in total. The molecule has 1 saturated heterocycles. The van der Waals surface area contributed by atoms with Crippen LogP contribution in [0.25, 0.3) is 22.1 Å². The van der Waals surface area contributed by atoms with E-state index in [-0.39, 0.29) is 0 Å². The Morgan fingerprint density at radius 1 is 1.19 bits per heavy atom. The average molecular weight is 437 g/mol. The molecular weight excluding hydrogens is 410 g/mol. The summed E-state index contributed by atoms with van der Waals surface area (Å²) in [5.41, 5.74) is 6.97. The molecule has 0 radical (unpaired) electrons. The molecule has 1 aromatic carbocycles. The molecule has 8 nitrogen and oxygen atoms in total. The summed E-state index contributed by atoms with van der Waals surface area (Å²) < 4.78 is 16.3. The molecule has 0 unspecified atom stereocenters.